The van der Waals surface area contributed by atoms with Crippen molar-refractivity contribution >= 4 is 33.7 Å². The molecule has 0 unspecified atom stereocenters. The molecule has 192 valence electrons. The monoisotopic (exact) mass is 520 g/mol. The van der Waals surface area contributed by atoms with Gasteiger partial charge in [0.1, 0.15) is 11.5 Å². The standard InChI is InChI=1S/C28H28N2O6S/c1-5-35-28(32)26-20(4)30(21-10-6-18(2)7-11-21)27(31)25(26)16-22-12-13-23(36-22)17-29-37(33,34)24-14-8-19(3)9-15-24/h6-16,29H,5,17H2,1-4H3/b25-16+. The molecule has 2 heterocycles. The summed E-state index contributed by atoms with van der Waals surface area (Å²) in [5.74, 6) is -0.343. The Labute approximate surface area is 216 Å². The van der Waals surface area contributed by atoms with Crippen molar-refractivity contribution in [1.29, 1.82) is 0 Å². The highest BCUT2D eigenvalue weighted by molar-refractivity contribution is 7.89. The van der Waals surface area contributed by atoms with Crippen molar-refractivity contribution in [3.05, 3.63) is 100 Å². The summed E-state index contributed by atoms with van der Waals surface area (Å²) >= 11 is 0. The number of hydrogen-bond donors (Lipinski definition) is 1. The number of furan rings is 1. The van der Waals surface area contributed by atoms with Crippen molar-refractivity contribution in [2.75, 3.05) is 11.5 Å². The Morgan fingerprint density at radius 1 is 0.973 bits per heavy atom. The molecule has 1 amide bonds. The predicted octanol–water partition coefficient (Wildman–Crippen LogP) is 4.64. The fourth-order valence-electron chi connectivity index (χ4n) is 3.96. The lowest BCUT2D eigenvalue weighted by Gasteiger charge is -2.18. The smallest absolute Gasteiger partial charge is 0.340 e. The van der Waals surface area contributed by atoms with E-state index in [1.807, 2.05) is 38.1 Å². The van der Waals surface area contributed by atoms with Crippen LogP contribution in [0.25, 0.3) is 6.08 Å². The summed E-state index contributed by atoms with van der Waals surface area (Å²) in [7, 11) is -3.73. The highest BCUT2D eigenvalue weighted by Crippen LogP contribution is 2.35. The number of nitrogens with one attached hydrogen (secondary N) is 1. The van der Waals surface area contributed by atoms with Gasteiger partial charge in [0.25, 0.3) is 5.91 Å². The number of nitrogens with zero attached hydrogens (tertiary/aromatic N) is 1. The SMILES string of the molecule is CCOC(=O)C1=C(C)N(c2ccc(C)cc2)C(=O)/C1=C/c1ccc(CNS(=O)(=O)c2ccc(C)cc2)o1. The van der Waals surface area contributed by atoms with E-state index in [1.54, 1.807) is 38.1 Å². The molecule has 3 aromatic rings. The number of carbonyl (C=O) groups excluding carboxylic acids is 2. The van der Waals surface area contributed by atoms with Crippen molar-refractivity contribution in [1.82, 2.24) is 4.72 Å². The largest absolute Gasteiger partial charge is 0.462 e. The molecule has 1 aliphatic heterocycles. The Bertz CT molecular complexity index is 1500. The molecular formula is C28H28N2O6S. The zero-order valence-corrected chi connectivity index (χ0v) is 21.9. The normalized spacial score (nSPS) is 15.1. The molecule has 1 aliphatic rings. The summed E-state index contributed by atoms with van der Waals surface area (Å²) in [4.78, 5) is 27.9. The first kappa shape index (κ1) is 26.1. The van der Waals surface area contributed by atoms with Crippen molar-refractivity contribution in [3.8, 4) is 0 Å². The third-order valence-corrected chi connectivity index (χ3v) is 7.33. The molecule has 0 aliphatic carbocycles. The molecule has 1 N–H and O–H groups in total. The number of carbonyl (C=O) groups is 2. The highest BCUT2D eigenvalue weighted by Gasteiger charge is 2.38. The minimum atomic E-state index is -3.73. The first-order valence-corrected chi connectivity index (χ1v) is 13.2. The summed E-state index contributed by atoms with van der Waals surface area (Å²) in [5, 5.41) is 0. The Balaban J connectivity index is 1.60. The van der Waals surface area contributed by atoms with Gasteiger partial charge in [-0.3, -0.25) is 9.69 Å². The fourth-order valence-corrected chi connectivity index (χ4v) is 4.96. The molecule has 8 nitrogen and oxygen atoms in total. The van der Waals surface area contributed by atoms with E-state index in [0.29, 0.717) is 22.9 Å². The molecule has 37 heavy (non-hydrogen) atoms. The van der Waals surface area contributed by atoms with Gasteiger partial charge in [-0.05, 0) is 70.2 Å². The van der Waals surface area contributed by atoms with E-state index >= 15 is 0 Å². The summed E-state index contributed by atoms with van der Waals surface area (Å²) < 4.78 is 38.7. The number of aryl methyl sites for hydroxylation is 2. The van der Waals surface area contributed by atoms with Crippen LogP contribution in [0.5, 0.6) is 0 Å². The van der Waals surface area contributed by atoms with Gasteiger partial charge in [-0.2, -0.15) is 0 Å². The summed E-state index contributed by atoms with van der Waals surface area (Å²) in [6.07, 6.45) is 1.48. The van der Waals surface area contributed by atoms with Gasteiger partial charge in [-0.25, -0.2) is 17.9 Å². The van der Waals surface area contributed by atoms with E-state index < -0.39 is 16.0 Å². The number of benzene rings is 2. The van der Waals surface area contributed by atoms with E-state index in [1.165, 1.54) is 23.1 Å². The first-order valence-electron chi connectivity index (χ1n) is 11.8. The summed E-state index contributed by atoms with van der Waals surface area (Å²) in [5.41, 5.74) is 3.37. The fraction of sp³-hybridized carbons (Fsp3) is 0.214. The van der Waals surface area contributed by atoms with Crippen molar-refractivity contribution in [3.63, 3.8) is 0 Å². The second-order valence-corrected chi connectivity index (χ2v) is 10.4. The van der Waals surface area contributed by atoms with E-state index in [2.05, 4.69) is 4.72 Å². The zero-order chi connectivity index (χ0) is 26.7. The van der Waals surface area contributed by atoms with Crippen LogP contribution in [0.1, 0.15) is 36.5 Å². The molecule has 0 spiro atoms. The maximum atomic E-state index is 13.4. The van der Waals surface area contributed by atoms with Crippen LogP contribution in [-0.2, 0) is 30.9 Å². The van der Waals surface area contributed by atoms with Gasteiger partial charge in [0.2, 0.25) is 10.0 Å². The minimum Gasteiger partial charge on any atom is -0.462 e. The van der Waals surface area contributed by atoms with E-state index in [0.717, 1.165) is 11.1 Å². The molecule has 4 rings (SSSR count). The van der Waals surface area contributed by atoms with Crippen LogP contribution in [0.2, 0.25) is 0 Å². The molecule has 0 fully saturated rings. The highest BCUT2D eigenvalue weighted by atomic mass is 32.2. The van der Waals surface area contributed by atoms with Crippen molar-refractivity contribution < 1.29 is 27.2 Å². The molecule has 0 saturated carbocycles. The molecule has 0 saturated heterocycles. The summed E-state index contributed by atoms with van der Waals surface area (Å²) in [6, 6.07) is 17.1. The number of amides is 1. The van der Waals surface area contributed by atoms with E-state index in [-0.39, 0.29) is 35.1 Å². The maximum Gasteiger partial charge on any atom is 0.340 e. The number of hydrogen-bond acceptors (Lipinski definition) is 6. The average molecular weight is 521 g/mol. The number of esters is 1. The average Bonchev–Trinajstić information content (AvgIpc) is 3.41. The minimum absolute atomic E-state index is 0.0809. The molecule has 0 radical (unpaired) electrons. The van der Waals surface area contributed by atoms with Gasteiger partial charge in [-0.15, -0.1) is 0 Å². The molecule has 2 aromatic carbocycles. The van der Waals surface area contributed by atoms with Gasteiger partial charge in [0.15, 0.2) is 0 Å². The Hall–Kier alpha value is -3.95. The quantitative estimate of drug-likeness (QED) is 0.343. The van der Waals surface area contributed by atoms with Gasteiger partial charge >= 0.3 is 5.97 Å². The Morgan fingerprint density at radius 3 is 2.22 bits per heavy atom. The van der Waals surface area contributed by atoms with E-state index in [9.17, 15) is 18.0 Å². The lowest BCUT2D eigenvalue weighted by atomic mass is 10.1. The number of anilines is 1. The van der Waals surface area contributed by atoms with Crippen LogP contribution < -0.4 is 9.62 Å². The Kier molecular flexibility index (Phi) is 7.47. The number of ether oxygens (including phenoxy) is 1. The number of rotatable bonds is 8. The topological polar surface area (TPSA) is 106 Å². The van der Waals surface area contributed by atoms with Crippen LogP contribution in [0, 0.1) is 13.8 Å². The lowest BCUT2D eigenvalue weighted by molar-refractivity contribution is -0.138. The maximum absolute atomic E-state index is 13.4. The Morgan fingerprint density at radius 2 is 1.59 bits per heavy atom. The molecule has 0 bridgehead atoms. The van der Waals surface area contributed by atoms with Gasteiger partial charge < -0.3 is 9.15 Å². The van der Waals surface area contributed by atoms with Crippen molar-refractivity contribution in [2.45, 2.75) is 39.1 Å². The number of sulfonamides is 1. The van der Waals surface area contributed by atoms with Crippen molar-refractivity contribution in [2.24, 2.45) is 0 Å². The molecular weight excluding hydrogens is 492 g/mol. The lowest BCUT2D eigenvalue weighted by Crippen LogP contribution is -2.24. The summed E-state index contributed by atoms with van der Waals surface area (Å²) in [6.45, 7) is 7.29. The van der Waals surface area contributed by atoms with Gasteiger partial charge in [0.05, 0.1) is 29.2 Å². The van der Waals surface area contributed by atoms with Crippen LogP contribution in [-0.4, -0.2) is 26.9 Å². The van der Waals surface area contributed by atoms with E-state index in [4.69, 9.17) is 9.15 Å². The second kappa shape index (κ2) is 10.6. The molecule has 0 atom stereocenters. The molecule has 1 aromatic heterocycles. The van der Waals surface area contributed by atoms with Crippen LogP contribution in [0.15, 0.2) is 86.8 Å². The third kappa shape index (κ3) is 5.58. The first-order chi connectivity index (χ1) is 17.6. The van der Waals surface area contributed by atoms with Crippen LogP contribution in [0.3, 0.4) is 0 Å². The zero-order valence-electron chi connectivity index (χ0n) is 21.1. The molecule has 9 heteroatoms. The van der Waals surface area contributed by atoms with Gasteiger partial charge in [0, 0.05) is 11.4 Å². The second-order valence-electron chi connectivity index (χ2n) is 8.66. The van der Waals surface area contributed by atoms with Gasteiger partial charge in [-0.1, -0.05) is 35.4 Å². The van der Waals surface area contributed by atoms with Crippen LogP contribution >= 0.6 is 0 Å². The number of allylic oxidation sites excluding steroid dienone is 1. The predicted molar refractivity (Wildman–Crippen MR) is 140 cm³/mol. The van der Waals surface area contributed by atoms with Crippen LogP contribution in [0.4, 0.5) is 5.69 Å². The third-order valence-electron chi connectivity index (χ3n) is 5.91.